The van der Waals surface area contributed by atoms with Crippen LogP contribution in [0.3, 0.4) is 0 Å². The number of fused-ring (bicyclic) bond motifs is 2. The maximum Gasteiger partial charge on any atom is 0.256 e. The van der Waals surface area contributed by atoms with E-state index in [0.717, 1.165) is 5.52 Å². The number of H-pyrrole nitrogens is 1. The molecule has 2 saturated heterocycles. The number of halogens is 1. The van der Waals surface area contributed by atoms with Crippen LogP contribution in [0.15, 0.2) is 36.7 Å². The number of aromatic nitrogens is 2. The van der Waals surface area contributed by atoms with Crippen molar-refractivity contribution in [2.24, 2.45) is 0 Å². The van der Waals surface area contributed by atoms with Crippen LogP contribution in [0.25, 0.3) is 11.0 Å². The minimum atomic E-state index is -0.734. The van der Waals surface area contributed by atoms with E-state index in [2.05, 4.69) is 15.3 Å². The monoisotopic (exact) mass is 489 g/mol. The quantitative estimate of drug-likeness (QED) is 0.549. The predicted molar refractivity (Wildman–Crippen MR) is 126 cm³/mol. The molecular formula is C26H24FN5O4. The van der Waals surface area contributed by atoms with Gasteiger partial charge >= 0.3 is 0 Å². The molecule has 184 valence electrons. The first-order valence-electron chi connectivity index (χ1n) is 12.1. The van der Waals surface area contributed by atoms with E-state index >= 15 is 4.39 Å². The molecule has 1 atom stereocenters. The highest BCUT2D eigenvalue weighted by Crippen LogP contribution is 2.36. The molecule has 4 amide bonds. The number of para-hydroxylation sites is 1. The Morgan fingerprint density at radius 2 is 1.89 bits per heavy atom. The van der Waals surface area contributed by atoms with Crippen LogP contribution in [0.4, 0.5) is 4.39 Å². The summed E-state index contributed by atoms with van der Waals surface area (Å²) in [6.45, 7) is 1.19. The lowest BCUT2D eigenvalue weighted by atomic mass is 9.87. The summed E-state index contributed by atoms with van der Waals surface area (Å²) in [6.07, 6.45) is 3.20. The Morgan fingerprint density at radius 3 is 2.67 bits per heavy atom. The largest absolute Gasteiger partial charge is 0.344 e. The van der Waals surface area contributed by atoms with E-state index in [1.807, 2.05) is 12.1 Å². The van der Waals surface area contributed by atoms with Gasteiger partial charge in [0.1, 0.15) is 11.9 Å². The fourth-order valence-electron chi connectivity index (χ4n) is 5.63. The average Bonchev–Trinajstić information content (AvgIpc) is 3.48. The third kappa shape index (κ3) is 3.64. The number of nitrogens with one attached hydrogen (secondary N) is 2. The molecule has 3 aromatic rings. The first-order chi connectivity index (χ1) is 17.4. The molecule has 3 aliphatic heterocycles. The lowest BCUT2D eigenvalue weighted by Gasteiger charge is -2.32. The number of benzene rings is 2. The van der Waals surface area contributed by atoms with Crippen molar-refractivity contribution in [2.45, 2.75) is 44.2 Å². The van der Waals surface area contributed by atoms with Crippen molar-refractivity contribution >= 4 is 34.7 Å². The number of carbonyl (C=O) groups excluding carboxylic acids is 4. The molecule has 36 heavy (non-hydrogen) atoms. The molecule has 2 fully saturated rings. The van der Waals surface area contributed by atoms with E-state index in [4.69, 9.17) is 0 Å². The molecular weight excluding hydrogens is 465 g/mol. The van der Waals surface area contributed by atoms with E-state index in [1.165, 1.54) is 11.0 Å². The van der Waals surface area contributed by atoms with Crippen molar-refractivity contribution in [1.82, 2.24) is 25.1 Å². The van der Waals surface area contributed by atoms with Crippen molar-refractivity contribution in [2.75, 3.05) is 13.1 Å². The van der Waals surface area contributed by atoms with E-state index in [0.29, 0.717) is 48.1 Å². The van der Waals surface area contributed by atoms with Crippen LogP contribution in [0, 0.1) is 5.82 Å². The van der Waals surface area contributed by atoms with E-state index in [1.54, 1.807) is 23.4 Å². The molecule has 3 aliphatic rings. The number of likely N-dealkylation sites (tertiary alicyclic amines) is 1. The first kappa shape index (κ1) is 22.4. The fraction of sp³-hybridized carbons (Fsp3) is 0.346. The standard InChI is InChI=1S/C26H24FN5O4/c27-19-11-18-15(12-32(26(18)36)21-4-5-22(33)30-24(21)34)10-17(19)14-6-8-31(9-7-14)25(35)16-2-1-3-20-23(16)29-13-28-20/h1-3,10-11,13-14,21H,4-9,12H2,(H,28,29)(H,30,33,34). The zero-order chi connectivity index (χ0) is 25.0. The zero-order valence-corrected chi connectivity index (χ0v) is 19.4. The SMILES string of the molecule is O=C1CCC(N2Cc3cc(C4CCN(C(=O)c5cccc6nc[nH]c56)CC4)c(F)cc3C2=O)C(=O)N1. The summed E-state index contributed by atoms with van der Waals surface area (Å²) in [7, 11) is 0. The number of hydrogen-bond acceptors (Lipinski definition) is 5. The average molecular weight is 490 g/mol. The van der Waals surface area contributed by atoms with Gasteiger partial charge in [-0.05, 0) is 54.5 Å². The second-order valence-corrected chi connectivity index (χ2v) is 9.60. The molecule has 0 saturated carbocycles. The van der Waals surface area contributed by atoms with Crippen molar-refractivity contribution in [3.63, 3.8) is 0 Å². The van der Waals surface area contributed by atoms with E-state index in [-0.39, 0.29) is 42.7 Å². The number of imide groups is 1. The molecule has 0 radical (unpaired) electrons. The van der Waals surface area contributed by atoms with Gasteiger partial charge in [-0.1, -0.05) is 12.1 Å². The number of piperidine rings is 2. The maximum atomic E-state index is 15.2. The van der Waals surface area contributed by atoms with Gasteiger partial charge in [-0.15, -0.1) is 0 Å². The minimum absolute atomic E-state index is 0.0804. The molecule has 4 heterocycles. The summed E-state index contributed by atoms with van der Waals surface area (Å²) >= 11 is 0. The number of carbonyl (C=O) groups is 4. The van der Waals surface area contributed by atoms with Crippen molar-refractivity contribution in [3.8, 4) is 0 Å². The highest BCUT2D eigenvalue weighted by molar-refractivity contribution is 6.06. The van der Waals surface area contributed by atoms with Gasteiger partial charge < -0.3 is 14.8 Å². The van der Waals surface area contributed by atoms with Crippen LogP contribution >= 0.6 is 0 Å². The second-order valence-electron chi connectivity index (χ2n) is 9.60. The van der Waals surface area contributed by atoms with Crippen molar-refractivity contribution in [1.29, 1.82) is 0 Å². The van der Waals surface area contributed by atoms with Gasteiger partial charge in [0.2, 0.25) is 11.8 Å². The van der Waals surface area contributed by atoms with Gasteiger partial charge in [0.05, 0.1) is 22.9 Å². The Hall–Kier alpha value is -4.08. The highest BCUT2D eigenvalue weighted by Gasteiger charge is 2.40. The zero-order valence-electron chi connectivity index (χ0n) is 19.4. The Bertz CT molecular complexity index is 1420. The minimum Gasteiger partial charge on any atom is -0.344 e. The van der Waals surface area contributed by atoms with Crippen molar-refractivity contribution in [3.05, 3.63) is 64.7 Å². The Balaban J connectivity index is 1.17. The molecule has 2 N–H and O–H groups in total. The lowest BCUT2D eigenvalue weighted by molar-refractivity contribution is -0.136. The molecule has 2 aromatic carbocycles. The number of hydrogen-bond donors (Lipinski definition) is 2. The highest BCUT2D eigenvalue weighted by atomic mass is 19.1. The van der Waals surface area contributed by atoms with Gasteiger partial charge in [0, 0.05) is 31.6 Å². The summed E-state index contributed by atoms with van der Waals surface area (Å²) in [5.41, 5.74) is 3.50. The Labute approximate surface area is 205 Å². The van der Waals surface area contributed by atoms with Crippen LogP contribution in [-0.2, 0) is 16.1 Å². The van der Waals surface area contributed by atoms with Crippen LogP contribution in [0.2, 0.25) is 0 Å². The Kier molecular flexibility index (Phi) is 5.31. The number of nitrogens with zero attached hydrogens (tertiary/aromatic N) is 3. The van der Waals surface area contributed by atoms with E-state index < -0.39 is 23.7 Å². The van der Waals surface area contributed by atoms with Gasteiger partial charge in [0.15, 0.2) is 0 Å². The van der Waals surface area contributed by atoms with Crippen molar-refractivity contribution < 1.29 is 23.6 Å². The normalized spacial score (nSPS) is 20.7. The third-order valence-electron chi connectivity index (χ3n) is 7.55. The maximum absolute atomic E-state index is 15.2. The van der Waals surface area contributed by atoms with Crippen LogP contribution in [-0.4, -0.2) is 62.5 Å². The van der Waals surface area contributed by atoms with E-state index in [9.17, 15) is 19.2 Å². The van der Waals surface area contributed by atoms with Gasteiger partial charge in [-0.3, -0.25) is 24.5 Å². The first-order valence-corrected chi connectivity index (χ1v) is 12.1. The number of amides is 4. The summed E-state index contributed by atoms with van der Waals surface area (Å²) in [5.74, 6) is -1.83. The summed E-state index contributed by atoms with van der Waals surface area (Å²) < 4.78 is 15.2. The second kappa shape index (κ2) is 8.54. The van der Waals surface area contributed by atoms with Crippen LogP contribution < -0.4 is 5.32 Å². The number of imidazole rings is 1. The van der Waals surface area contributed by atoms with Crippen LogP contribution in [0.5, 0.6) is 0 Å². The third-order valence-corrected chi connectivity index (χ3v) is 7.55. The smallest absolute Gasteiger partial charge is 0.256 e. The number of rotatable bonds is 3. The molecule has 1 aromatic heterocycles. The Morgan fingerprint density at radius 1 is 1.08 bits per heavy atom. The summed E-state index contributed by atoms with van der Waals surface area (Å²) in [4.78, 5) is 60.3. The summed E-state index contributed by atoms with van der Waals surface area (Å²) in [6, 6.07) is 7.71. The van der Waals surface area contributed by atoms with Gasteiger partial charge in [0.25, 0.3) is 11.8 Å². The number of aromatic amines is 1. The molecule has 0 spiro atoms. The van der Waals surface area contributed by atoms with Gasteiger partial charge in [-0.2, -0.15) is 0 Å². The molecule has 0 aliphatic carbocycles. The van der Waals surface area contributed by atoms with Crippen LogP contribution in [0.1, 0.15) is 63.4 Å². The topological polar surface area (TPSA) is 115 Å². The lowest BCUT2D eigenvalue weighted by Crippen LogP contribution is -2.52. The molecule has 0 bridgehead atoms. The fourth-order valence-corrected chi connectivity index (χ4v) is 5.63. The summed E-state index contributed by atoms with van der Waals surface area (Å²) in [5, 5.41) is 2.28. The molecule has 1 unspecified atom stereocenters. The molecule has 10 heteroatoms. The molecule has 6 rings (SSSR count). The van der Waals surface area contributed by atoms with Gasteiger partial charge in [-0.25, -0.2) is 9.37 Å². The molecule has 9 nitrogen and oxygen atoms in total. The predicted octanol–water partition coefficient (Wildman–Crippen LogP) is 2.48.